The monoisotopic (exact) mass is 396 g/mol. The molecule has 0 saturated heterocycles. The summed E-state index contributed by atoms with van der Waals surface area (Å²) in [5.74, 6) is -0.395. The summed E-state index contributed by atoms with van der Waals surface area (Å²) in [5, 5.41) is 0. The molecular formula is C23H28N2O4. The third kappa shape index (κ3) is 6.17. The Bertz CT molecular complexity index is 921. The SMILES string of the molecule is Cc1ccc(C(=O)CCC(=O)NNC(=O)[C@H](C)Oc2cccc(C)c2C)cc1C. The summed E-state index contributed by atoms with van der Waals surface area (Å²) in [4.78, 5) is 36.4. The van der Waals surface area contributed by atoms with Gasteiger partial charge in [0.1, 0.15) is 5.75 Å². The lowest BCUT2D eigenvalue weighted by molar-refractivity contribution is -0.132. The van der Waals surface area contributed by atoms with Crippen LogP contribution in [0, 0.1) is 27.7 Å². The predicted octanol–water partition coefficient (Wildman–Crippen LogP) is 3.50. The van der Waals surface area contributed by atoms with Crippen molar-refractivity contribution >= 4 is 17.6 Å². The summed E-state index contributed by atoms with van der Waals surface area (Å²) in [7, 11) is 0. The molecule has 2 rings (SSSR count). The van der Waals surface area contributed by atoms with Crippen LogP contribution in [0.25, 0.3) is 0 Å². The van der Waals surface area contributed by atoms with Crippen LogP contribution in [0.4, 0.5) is 0 Å². The van der Waals surface area contributed by atoms with Gasteiger partial charge in [-0.05, 0) is 69.0 Å². The number of hydrazine groups is 1. The molecule has 0 saturated carbocycles. The molecule has 6 nitrogen and oxygen atoms in total. The number of Topliss-reactive ketones (excluding diaryl/α,β-unsaturated/α-hetero) is 1. The zero-order chi connectivity index (χ0) is 21.6. The highest BCUT2D eigenvalue weighted by Gasteiger charge is 2.17. The summed E-state index contributed by atoms with van der Waals surface area (Å²) in [5.41, 5.74) is 9.43. The highest BCUT2D eigenvalue weighted by Crippen LogP contribution is 2.21. The molecule has 2 aromatic carbocycles. The molecule has 0 fully saturated rings. The Balaban J connectivity index is 1.79. The molecule has 0 unspecified atom stereocenters. The minimum absolute atomic E-state index is 0.0156. The van der Waals surface area contributed by atoms with E-state index in [9.17, 15) is 14.4 Å². The largest absolute Gasteiger partial charge is 0.481 e. The van der Waals surface area contributed by atoms with E-state index in [1.165, 1.54) is 0 Å². The molecule has 2 amide bonds. The van der Waals surface area contributed by atoms with Gasteiger partial charge in [-0.25, -0.2) is 0 Å². The minimum Gasteiger partial charge on any atom is -0.481 e. The lowest BCUT2D eigenvalue weighted by atomic mass is 10.0. The van der Waals surface area contributed by atoms with Crippen molar-refractivity contribution in [2.45, 2.75) is 53.6 Å². The topological polar surface area (TPSA) is 84.5 Å². The lowest BCUT2D eigenvalue weighted by Crippen LogP contribution is -2.47. The molecule has 0 heterocycles. The van der Waals surface area contributed by atoms with Crippen molar-refractivity contribution in [2.24, 2.45) is 0 Å². The zero-order valence-electron chi connectivity index (χ0n) is 17.6. The number of aryl methyl sites for hydroxylation is 3. The molecule has 1 atom stereocenters. The molecule has 2 aromatic rings. The molecule has 0 aliphatic heterocycles. The van der Waals surface area contributed by atoms with Gasteiger partial charge in [-0.3, -0.25) is 25.2 Å². The molecule has 2 N–H and O–H groups in total. The van der Waals surface area contributed by atoms with E-state index in [0.29, 0.717) is 11.3 Å². The van der Waals surface area contributed by atoms with Gasteiger partial charge < -0.3 is 4.74 Å². The van der Waals surface area contributed by atoms with Gasteiger partial charge in [0, 0.05) is 18.4 Å². The molecule has 0 aromatic heterocycles. The van der Waals surface area contributed by atoms with Crippen LogP contribution in [0.2, 0.25) is 0 Å². The quantitative estimate of drug-likeness (QED) is 0.554. The van der Waals surface area contributed by atoms with Gasteiger partial charge in [0.2, 0.25) is 5.91 Å². The van der Waals surface area contributed by atoms with Crippen LogP contribution in [-0.4, -0.2) is 23.7 Å². The maximum absolute atomic E-state index is 12.2. The number of carbonyl (C=O) groups is 3. The van der Waals surface area contributed by atoms with Crippen LogP contribution >= 0.6 is 0 Å². The lowest BCUT2D eigenvalue weighted by Gasteiger charge is -2.17. The number of ether oxygens (including phenoxy) is 1. The Kier molecular flexibility index (Phi) is 7.53. The van der Waals surface area contributed by atoms with Gasteiger partial charge in [0.15, 0.2) is 11.9 Å². The summed E-state index contributed by atoms with van der Waals surface area (Å²) >= 11 is 0. The average molecular weight is 396 g/mol. The molecule has 154 valence electrons. The first kappa shape index (κ1) is 22.1. The number of amides is 2. The van der Waals surface area contributed by atoms with Crippen molar-refractivity contribution in [3.63, 3.8) is 0 Å². The van der Waals surface area contributed by atoms with Crippen LogP contribution in [-0.2, 0) is 9.59 Å². The maximum Gasteiger partial charge on any atom is 0.279 e. The number of hydrogen-bond donors (Lipinski definition) is 2. The maximum atomic E-state index is 12.2. The Morgan fingerprint density at radius 1 is 0.897 bits per heavy atom. The summed E-state index contributed by atoms with van der Waals surface area (Å²) in [6, 6.07) is 11.1. The van der Waals surface area contributed by atoms with Crippen molar-refractivity contribution in [3.05, 3.63) is 64.2 Å². The normalized spacial score (nSPS) is 11.5. The predicted molar refractivity (Wildman–Crippen MR) is 112 cm³/mol. The first-order chi connectivity index (χ1) is 13.7. The van der Waals surface area contributed by atoms with Crippen LogP contribution in [0.5, 0.6) is 5.75 Å². The van der Waals surface area contributed by atoms with Crippen molar-refractivity contribution in [3.8, 4) is 5.75 Å². The van der Waals surface area contributed by atoms with Gasteiger partial charge in [-0.1, -0.05) is 24.3 Å². The smallest absolute Gasteiger partial charge is 0.279 e. The van der Waals surface area contributed by atoms with E-state index in [-0.39, 0.29) is 18.6 Å². The first-order valence-corrected chi connectivity index (χ1v) is 9.61. The molecular weight excluding hydrogens is 368 g/mol. The number of rotatable bonds is 7. The first-order valence-electron chi connectivity index (χ1n) is 9.61. The third-order valence-electron chi connectivity index (χ3n) is 4.96. The van der Waals surface area contributed by atoms with Gasteiger partial charge >= 0.3 is 0 Å². The number of carbonyl (C=O) groups excluding carboxylic acids is 3. The van der Waals surface area contributed by atoms with Crippen LogP contribution in [0.3, 0.4) is 0 Å². The van der Waals surface area contributed by atoms with E-state index in [4.69, 9.17) is 4.74 Å². The highest BCUT2D eigenvalue weighted by molar-refractivity contribution is 5.98. The van der Waals surface area contributed by atoms with Gasteiger partial charge in [-0.15, -0.1) is 0 Å². The molecule has 0 bridgehead atoms. The Labute approximate surface area is 171 Å². The van der Waals surface area contributed by atoms with Crippen LogP contribution in [0.15, 0.2) is 36.4 Å². The molecule has 0 radical (unpaired) electrons. The van der Waals surface area contributed by atoms with Crippen molar-refractivity contribution in [1.29, 1.82) is 0 Å². The standard InChI is InChI=1S/C23H28N2O4/c1-14-9-10-19(13-16(14)3)20(26)11-12-22(27)24-25-23(28)18(5)29-21-8-6-7-15(2)17(21)4/h6-10,13,18H,11-12H2,1-5H3,(H,24,27)(H,25,28)/t18-/m0/s1. The Morgan fingerprint density at radius 3 is 2.31 bits per heavy atom. The average Bonchev–Trinajstić information content (AvgIpc) is 2.69. The number of ketones is 1. The summed E-state index contributed by atoms with van der Waals surface area (Å²) in [6.07, 6.45) is -0.732. The molecule has 29 heavy (non-hydrogen) atoms. The van der Waals surface area contributed by atoms with Crippen LogP contribution in [0.1, 0.15) is 52.4 Å². The van der Waals surface area contributed by atoms with Gasteiger partial charge in [-0.2, -0.15) is 0 Å². The second-order valence-electron chi connectivity index (χ2n) is 7.22. The third-order valence-corrected chi connectivity index (χ3v) is 4.96. The Hall–Kier alpha value is -3.15. The van der Waals surface area contributed by atoms with Crippen molar-refractivity contribution in [1.82, 2.24) is 10.9 Å². The van der Waals surface area contributed by atoms with E-state index in [0.717, 1.165) is 22.3 Å². The highest BCUT2D eigenvalue weighted by atomic mass is 16.5. The van der Waals surface area contributed by atoms with Gasteiger partial charge in [0.05, 0.1) is 0 Å². The molecule has 6 heteroatoms. The van der Waals surface area contributed by atoms with E-state index >= 15 is 0 Å². The molecule has 0 spiro atoms. The summed E-state index contributed by atoms with van der Waals surface area (Å²) < 4.78 is 5.68. The molecule has 0 aliphatic carbocycles. The fourth-order valence-electron chi connectivity index (χ4n) is 2.68. The second-order valence-corrected chi connectivity index (χ2v) is 7.22. The van der Waals surface area contributed by atoms with Gasteiger partial charge in [0.25, 0.3) is 5.91 Å². The minimum atomic E-state index is -0.784. The number of nitrogens with one attached hydrogen (secondary N) is 2. The van der Waals surface area contributed by atoms with E-state index < -0.39 is 17.9 Å². The zero-order valence-corrected chi connectivity index (χ0v) is 17.6. The Morgan fingerprint density at radius 2 is 1.62 bits per heavy atom. The number of hydrogen-bond acceptors (Lipinski definition) is 4. The van der Waals surface area contributed by atoms with E-state index in [1.807, 2.05) is 52.0 Å². The van der Waals surface area contributed by atoms with Crippen molar-refractivity contribution < 1.29 is 19.1 Å². The molecule has 0 aliphatic rings. The van der Waals surface area contributed by atoms with E-state index in [2.05, 4.69) is 10.9 Å². The fraction of sp³-hybridized carbons (Fsp3) is 0.348. The van der Waals surface area contributed by atoms with Crippen LogP contribution < -0.4 is 15.6 Å². The number of benzene rings is 2. The van der Waals surface area contributed by atoms with E-state index in [1.54, 1.807) is 19.1 Å². The van der Waals surface area contributed by atoms with Crippen molar-refractivity contribution in [2.75, 3.05) is 0 Å². The summed E-state index contributed by atoms with van der Waals surface area (Å²) in [6.45, 7) is 9.41. The fourth-order valence-corrected chi connectivity index (χ4v) is 2.68. The second kappa shape index (κ2) is 9.87.